The Morgan fingerprint density at radius 2 is 1.70 bits per heavy atom. The molecule has 3 fully saturated rings. The number of hydrogen-bond donors (Lipinski definition) is 0. The van der Waals surface area contributed by atoms with Crippen molar-refractivity contribution >= 4 is 46.5 Å². The summed E-state index contributed by atoms with van der Waals surface area (Å²) in [5, 5.41) is 0.451. The molecule has 0 N–H and O–H groups in total. The van der Waals surface area contributed by atoms with Crippen LogP contribution in [-0.2, 0) is 9.59 Å². The second-order valence-electron chi connectivity index (χ2n) is 8.26. The van der Waals surface area contributed by atoms with Crippen molar-refractivity contribution in [2.75, 3.05) is 11.4 Å². The summed E-state index contributed by atoms with van der Waals surface area (Å²) in [5.74, 6) is -1.99. The van der Waals surface area contributed by atoms with Gasteiger partial charge in [-0.15, -0.1) is 0 Å². The van der Waals surface area contributed by atoms with Gasteiger partial charge in [0, 0.05) is 11.6 Å². The smallest absolute Gasteiger partial charge is 0.239 e. The monoisotopic (exact) mass is 442 g/mol. The Kier molecular flexibility index (Phi) is 4.73. The lowest BCUT2D eigenvalue weighted by atomic mass is 9.85. The number of amides is 2. The Balaban J connectivity index is 1.57. The van der Waals surface area contributed by atoms with Gasteiger partial charge in [0.25, 0.3) is 0 Å². The fourth-order valence-electron chi connectivity index (χ4n) is 5.31. The molecule has 0 aromatic heterocycles. The molecule has 3 heterocycles. The molecule has 2 amide bonds. The summed E-state index contributed by atoms with van der Waals surface area (Å²) in [7, 11) is 0. The molecule has 0 spiro atoms. The Labute approximate surface area is 184 Å². The minimum absolute atomic E-state index is 0.102. The van der Waals surface area contributed by atoms with E-state index in [0.29, 0.717) is 11.3 Å². The van der Waals surface area contributed by atoms with Crippen molar-refractivity contribution in [1.82, 2.24) is 4.90 Å². The minimum atomic E-state index is -0.702. The number of anilines is 1. The SMILES string of the molecule is Cc1ccc(C(=O)C2C3C(=O)N(c4cccc(Cl)c4Cl)C(=O)C3C3CCCN32)cc1. The van der Waals surface area contributed by atoms with Crippen molar-refractivity contribution in [3.05, 3.63) is 63.6 Å². The van der Waals surface area contributed by atoms with Crippen LogP contribution in [0.1, 0.15) is 28.8 Å². The summed E-state index contributed by atoms with van der Waals surface area (Å²) in [4.78, 5) is 43.6. The number of Topliss-reactive ketones (excluding diaryl/α,β-unsaturated/α-hetero) is 1. The molecule has 154 valence electrons. The number of imide groups is 1. The van der Waals surface area contributed by atoms with Crippen LogP contribution in [0.25, 0.3) is 0 Å². The fourth-order valence-corrected chi connectivity index (χ4v) is 5.69. The summed E-state index contributed by atoms with van der Waals surface area (Å²) >= 11 is 12.5. The van der Waals surface area contributed by atoms with E-state index in [2.05, 4.69) is 4.90 Å². The molecule has 4 unspecified atom stereocenters. The number of aryl methyl sites for hydroxylation is 1. The number of benzene rings is 2. The first-order valence-corrected chi connectivity index (χ1v) is 10.8. The predicted octanol–water partition coefficient (Wildman–Crippen LogP) is 4.14. The number of carbonyl (C=O) groups is 3. The van der Waals surface area contributed by atoms with E-state index in [1.807, 2.05) is 19.1 Å². The van der Waals surface area contributed by atoms with Crippen LogP contribution in [0, 0.1) is 18.8 Å². The average molecular weight is 443 g/mol. The maximum atomic E-state index is 13.5. The van der Waals surface area contributed by atoms with E-state index in [0.717, 1.165) is 29.8 Å². The number of fused-ring (bicyclic) bond motifs is 3. The summed E-state index contributed by atoms with van der Waals surface area (Å²) < 4.78 is 0. The summed E-state index contributed by atoms with van der Waals surface area (Å²) in [6.07, 6.45) is 1.71. The Morgan fingerprint density at radius 3 is 2.43 bits per heavy atom. The van der Waals surface area contributed by atoms with Gasteiger partial charge in [0.15, 0.2) is 5.78 Å². The van der Waals surface area contributed by atoms with Crippen molar-refractivity contribution in [2.45, 2.75) is 31.8 Å². The lowest BCUT2D eigenvalue weighted by Crippen LogP contribution is -2.46. The third-order valence-electron chi connectivity index (χ3n) is 6.63. The first kappa shape index (κ1) is 19.7. The first-order chi connectivity index (χ1) is 14.4. The Hall–Kier alpha value is -2.21. The highest BCUT2D eigenvalue weighted by atomic mass is 35.5. The normalized spacial score (nSPS) is 28.2. The quantitative estimate of drug-likeness (QED) is 0.529. The fraction of sp³-hybridized carbons (Fsp3) is 0.348. The standard InChI is InChI=1S/C23H20Cl2N2O3/c1-12-7-9-13(10-8-12)21(28)20-18-17(15-6-3-11-26(15)20)22(29)27(23(18)30)16-5-2-4-14(24)19(16)25/h2,4-5,7-10,15,17-18,20H,3,6,11H2,1H3. The van der Waals surface area contributed by atoms with E-state index in [9.17, 15) is 14.4 Å². The number of halogens is 2. The molecule has 7 heteroatoms. The molecule has 2 aromatic carbocycles. The van der Waals surface area contributed by atoms with Gasteiger partial charge in [0.1, 0.15) is 0 Å². The van der Waals surface area contributed by atoms with Gasteiger partial charge >= 0.3 is 0 Å². The zero-order chi connectivity index (χ0) is 21.2. The largest absolute Gasteiger partial charge is 0.292 e. The molecule has 5 nitrogen and oxygen atoms in total. The van der Waals surface area contributed by atoms with Crippen molar-refractivity contribution in [3.8, 4) is 0 Å². The summed E-state index contributed by atoms with van der Waals surface area (Å²) in [5.41, 5.74) is 1.92. The third-order valence-corrected chi connectivity index (χ3v) is 7.44. The van der Waals surface area contributed by atoms with Crippen LogP contribution in [0.5, 0.6) is 0 Å². The van der Waals surface area contributed by atoms with E-state index >= 15 is 0 Å². The number of hydrogen-bond acceptors (Lipinski definition) is 4. The van der Waals surface area contributed by atoms with Crippen LogP contribution in [0.3, 0.4) is 0 Å². The van der Waals surface area contributed by atoms with E-state index in [-0.39, 0.29) is 33.7 Å². The molecule has 2 aromatic rings. The van der Waals surface area contributed by atoms with E-state index in [1.54, 1.807) is 30.3 Å². The maximum absolute atomic E-state index is 13.5. The van der Waals surface area contributed by atoms with Gasteiger partial charge < -0.3 is 0 Å². The van der Waals surface area contributed by atoms with Gasteiger partial charge in [-0.05, 0) is 38.4 Å². The topological polar surface area (TPSA) is 57.7 Å². The van der Waals surface area contributed by atoms with Crippen LogP contribution >= 0.6 is 23.2 Å². The van der Waals surface area contributed by atoms with Crippen LogP contribution < -0.4 is 4.90 Å². The minimum Gasteiger partial charge on any atom is -0.292 e. The van der Waals surface area contributed by atoms with Crippen molar-refractivity contribution in [1.29, 1.82) is 0 Å². The molecule has 3 aliphatic heterocycles. The Morgan fingerprint density at radius 1 is 1.00 bits per heavy atom. The molecule has 5 rings (SSSR count). The third kappa shape index (κ3) is 2.76. The first-order valence-electron chi connectivity index (χ1n) is 10.1. The van der Waals surface area contributed by atoms with Crippen LogP contribution in [0.15, 0.2) is 42.5 Å². The van der Waals surface area contributed by atoms with Crippen LogP contribution in [0.4, 0.5) is 5.69 Å². The second-order valence-corrected chi connectivity index (χ2v) is 9.04. The van der Waals surface area contributed by atoms with Crippen molar-refractivity contribution in [3.63, 3.8) is 0 Å². The van der Waals surface area contributed by atoms with Gasteiger partial charge in [-0.25, -0.2) is 4.90 Å². The number of rotatable bonds is 3. The van der Waals surface area contributed by atoms with Gasteiger partial charge in [0.05, 0.1) is 33.6 Å². The zero-order valence-electron chi connectivity index (χ0n) is 16.3. The Bertz CT molecular complexity index is 1070. The van der Waals surface area contributed by atoms with Crippen molar-refractivity contribution in [2.24, 2.45) is 11.8 Å². The van der Waals surface area contributed by atoms with Crippen molar-refractivity contribution < 1.29 is 14.4 Å². The highest BCUT2D eigenvalue weighted by molar-refractivity contribution is 6.45. The number of nitrogens with zero attached hydrogens (tertiary/aromatic N) is 2. The molecular formula is C23H20Cl2N2O3. The summed E-state index contributed by atoms with van der Waals surface area (Å²) in [6.45, 7) is 2.68. The molecule has 0 saturated carbocycles. The molecule has 3 aliphatic rings. The van der Waals surface area contributed by atoms with E-state index in [1.165, 1.54) is 0 Å². The zero-order valence-corrected chi connectivity index (χ0v) is 17.9. The molecular weight excluding hydrogens is 423 g/mol. The molecule has 3 saturated heterocycles. The molecule has 30 heavy (non-hydrogen) atoms. The number of carbonyl (C=O) groups excluding carboxylic acids is 3. The molecule has 0 bridgehead atoms. The highest BCUT2D eigenvalue weighted by Crippen LogP contribution is 2.49. The highest BCUT2D eigenvalue weighted by Gasteiger charge is 2.64. The lowest BCUT2D eigenvalue weighted by molar-refractivity contribution is -0.123. The predicted molar refractivity (Wildman–Crippen MR) is 115 cm³/mol. The molecule has 4 atom stereocenters. The van der Waals surface area contributed by atoms with Gasteiger partial charge in [0.2, 0.25) is 11.8 Å². The van der Waals surface area contributed by atoms with E-state index < -0.39 is 17.9 Å². The van der Waals surface area contributed by atoms with E-state index in [4.69, 9.17) is 23.2 Å². The summed E-state index contributed by atoms with van der Waals surface area (Å²) in [6, 6.07) is 11.5. The van der Waals surface area contributed by atoms with Crippen LogP contribution in [-0.4, -0.2) is 41.1 Å². The lowest BCUT2D eigenvalue weighted by Gasteiger charge is -2.28. The number of ketones is 1. The average Bonchev–Trinajstić information content (AvgIpc) is 3.37. The van der Waals surface area contributed by atoms with Gasteiger partial charge in [-0.2, -0.15) is 0 Å². The van der Waals surface area contributed by atoms with Gasteiger partial charge in [-0.3, -0.25) is 19.3 Å². The van der Waals surface area contributed by atoms with Gasteiger partial charge in [-0.1, -0.05) is 59.1 Å². The van der Waals surface area contributed by atoms with Crippen LogP contribution in [0.2, 0.25) is 10.0 Å². The second kappa shape index (κ2) is 7.19. The molecule has 0 radical (unpaired) electrons. The molecule has 0 aliphatic carbocycles. The maximum Gasteiger partial charge on any atom is 0.239 e.